The lowest BCUT2D eigenvalue weighted by atomic mass is 9.73. The van der Waals surface area contributed by atoms with Gasteiger partial charge in [0, 0.05) is 56.0 Å². The number of halogens is 2. The maximum absolute atomic E-state index is 6.31. The highest BCUT2D eigenvalue weighted by Gasteiger charge is 2.37. The molecule has 1 aromatic rings. The number of ether oxygens (including phenoxy) is 3. The number of guanidine groups is 1. The molecule has 0 radical (unpaired) electrons. The first-order chi connectivity index (χ1) is 13.2. The number of aliphatic imine (C=N–C) groups is 1. The molecule has 1 atom stereocenters. The van der Waals surface area contributed by atoms with Crippen molar-refractivity contribution < 1.29 is 14.2 Å². The summed E-state index contributed by atoms with van der Waals surface area (Å²) in [4.78, 5) is 4.37. The van der Waals surface area contributed by atoms with Gasteiger partial charge in [-0.15, -0.1) is 24.0 Å². The third-order valence-electron chi connectivity index (χ3n) is 5.52. The molecule has 1 unspecified atom stereocenters. The van der Waals surface area contributed by atoms with Crippen molar-refractivity contribution in [2.45, 2.75) is 37.2 Å². The Morgan fingerprint density at radius 3 is 2.71 bits per heavy atom. The predicted octanol–water partition coefficient (Wildman–Crippen LogP) is 3.36. The van der Waals surface area contributed by atoms with Gasteiger partial charge in [0.25, 0.3) is 0 Å². The van der Waals surface area contributed by atoms with Gasteiger partial charge in [-0.1, -0.05) is 11.6 Å². The average molecular weight is 524 g/mol. The Hall–Kier alpha value is -0.770. The lowest BCUT2D eigenvalue weighted by Gasteiger charge is -2.39. The molecule has 2 saturated heterocycles. The van der Waals surface area contributed by atoms with E-state index in [0.29, 0.717) is 0 Å². The molecule has 158 valence electrons. The molecule has 2 aliphatic heterocycles. The molecule has 2 aliphatic rings. The third-order valence-corrected chi connectivity index (χ3v) is 5.76. The number of nitrogens with one attached hydrogen (secondary N) is 2. The van der Waals surface area contributed by atoms with Crippen LogP contribution in [-0.4, -0.2) is 59.1 Å². The SMILES string of the molecule is CN=C(NCC1CCCO1)NCC1(c2cc(Cl)ccc2OC)CCOCC1.I. The van der Waals surface area contributed by atoms with Crippen LogP contribution in [0.1, 0.15) is 31.2 Å². The van der Waals surface area contributed by atoms with Crippen LogP contribution in [0.2, 0.25) is 5.02 Å². The zero-order valence-electron chi connectivity index (χ0n) is 16.6. The number of rotatable bonds is 6. The van der Waals surface area contributed by atoms with Crippen molar-refractivity contribution in [3.8, 4) is 5.75 Å². The van der Waals surface area contributed by atoms with E-state index in [9.17, 15) is 0 Å². The Kier molecular flexibility index (Phi) is 9.59. The normalized spacial score (nSPS) is 21.7. The summed E-state index contributed by atoms with van der Waals surface area (Å²) in [6.07, 6.45) is 4.31. The maximum Gasteiger partial charge on any atom is 0.191 e. The highest BCUT2D eigenvalue weighted by atomic mass is 127. The van der Waals surface area contributed by atoms with Crippen LogP contribution < -0.4 is 15.4 Å². The van der Waals surface area contributed by atoms with Crippen molar-refractivity contribution in [2.75, 3.05) is 47.1 Å². The number of hydrogen-bond donors (Lipinski definition) is 2. The van der Waals surface area contributed by atoms with Crippen molar-refractivity contribution in [1.82, 2.24) is 10.6 Å². The lowest BCUT2D eigenvalue weighted by molar-refractivity contribution is 0.0505. The van der Waals surface area contributed by atoms with Crippen molar-refractivity contribution in [3.63, 3.8) is 0 Å². The first-order valence-electron chi connectivity index (χ1n) is 9.65. The van der Waals surface area contributed by atoms with Crippen LogP contribution >= 0.6 is 35.6 Å². The topological polar surface area (TPSA) is 64.1 Å². The standard InChI is InChI=1S/C20H30ClN3O3.HI/c1-22-19(23-13-16-4-3-9-27-16)24-14-20(7-10-26-11-8-20)17-12-15(21)5-6-18(17)25-2;/h5-6,12,16H,3-4,7-11,13-14H2,1-2H3,(H2,22,23,24);1H. The molecule has 1 aromatic carbocycles. The van der Waals surface area contributed by atoms with E-state index in [2.05, 4.69) is 15.6 Å². The van der Waals surface area contributed by atoms with E-state index in [-0.39, 0.29) is 35.5 Å². The van der Waals surface area contributed by atoms with E-state index in [0.717, 1.165) is 80.9 Å². The largest absolute Gasteiger partial charge is 0.496 e. The summed E-state index contributed by atoms with van der Waals surface area (Å²) >= 11 is 6.31. The van der Waals surface area contributed by atoms with E-state index in [1.165, 1.54) is 0 Å². The summed E-state index contributed by atoms with van der Waals surface area (Å²) < 4.78 is 17.0. The van der Waals surface area contributed by atoms with Gasteiger partial charge in [-0.2, -0.15) is 0 Å². The van der Waals surface area contributed by atoms with Gasteiger partial charge in [0.1, 0.15) is 5.75 Å². The molecule has 0 bridgehead atoms. The van der Waals surface area contributed by atoms with Crippen LogP contribution in [0.5, 0.6) is 5.75 Å². The number of hydrogen-bond acceptors (Lipinski definition) is 4. The number of nitrogens with zero attached hydrogens (tertiary/aromatic N) is 1. The summed E-state index contributed by atoms with van der Waals surface area (Å²) in [5.41, 5.74) is 1.01. The van der Waals surface area contributed by atoms with Gasteiger partial charge in [0.15, 0.2) is 5.96 Å². The summed E-state index contributed by atoms with van der Waals surface area (Å²) in [7, 11) is 3.50. The summed E-state index contributed by atoms with van der Waals surface area (Å²) in [6.45, 7) is 3.81. The van der Waals surface area contributed by atoms with E-state index in [4.69, 9.17) is 25.8 Å². The van der Waals surface area contributed by atoms with E-state index in [1.54, 1.807) is 14.2 Å². The van der Waals surface area contributed by atoms with Gasteiger partial charge < -0.3 is 24.8 Å². The molecule has 0 aliphatic carbocycles. The summed E-state index contributed by atoms with van der Waals surface area (Å²) in [5, 5.41) is 7.61. The minimum atomic E-state index is -0.115. The van der Waals surface area contributed by atoms with E-state index >= 15 is 0 Å². The number of benzene rings is 1. The second-order valence-electron chi connectivity index (χ2n) is 7.18. The van der Waals surface area contributed by atoms with Crippen LogP contribution in [0.4, 0.5) is 0 Å². The fraction of sp³-hybridized carbons (Fsp3) is 0.650. The van der Waals surface area contributed by atoms with Crippen LogP contribution in [-0.2, 0) is 14.9 Å². The fourth-order valence-corrected chi connectivity index (χ4v) is 4.06. The van der Waals surface area contributed by atoms with Crippen LogP contribution in [0.15, 0.2) is 23.2 Å². The van der Waals surface area contributed by atoms with E-state index in [1.807, 2.05) is 18.2 Å². The predicted molar refractivity (Wildman–Crippen MR) is 123 cm³/mol. The van der Waals surface area contributed by atoms with Crippen molar-refractivity contribution in [2.24, 2.45) is 4.99 Å². The molecule has 3 rings (SSSR count). The first-order valence-corrected chi connectivity index (χ1v) is 10.0. The van der Waals surface area contributed by atoms with Gasteiger partial charge in [0.2, 0.25) is 0 Å². The molecule has 28 heavy (non-hydrogen) atoms. The molecule has 6 nitrogen and oxygen atoms in total. The molecular formula is C20H31ClIN3O3. The molecule has 2 fully saturated rings. The van der Waals surface area contributed by atoms with Gasteiger partial charge in [-0.25, -0.2) is 0 Å². The molecule has 0 saturated carbocycles. The van der Waals surface area contributed by atoms with Crippen LogP contribution in [0.25, 0.3) is 0 Å². The minimum absolute atomic E-state index is 0. The Bertz CT molecular complexity index is 648. The average Bonchev–Trinajstić information content (AvgIpc) is 3.22. The van der Waals surface area contributed by atoms with E-state index < -0.39 is 0 Å². The smallest absolute Gasteiger partial charge is 0.191 e. The van der Waals surface area contributed by atoms with Crippen LogP contribution in [0, 0.1) is 0 Å². The summed E-state index contributed by atoms with van der Waals surface area (Å²) in [5.74, 6) is 1.66. The fourth-order valence-electron chi connectivity index (χ4n) is 3.89. The van der Waals surface area contributed by atoms with Gasteiger partial charge >= 0.3 is 0 Å². The Morgan fingerprint density at radius 1 is 1.29 bits per heavy atom. The molecule has 0 amide bonds. The zero-order chi connectivity index (χ0) is 19.1. The molecular weight excluding hydrogens is 493 g/mol. The van der Waals surface area contributed by atoms with Crippen molar-refractivity contribution in [3.05, 3.63) is 28.8 Å². The Labute approximate surface area is 189 Å². The monoisotopic (exact) mass is 523 g/mol. The zero-order valence-corrected chi connectivity index (χ0v) is 19.7. The molecule has 8 heteroatoms. The maximum atomic E-state index is 6.31. The molecule has 0 aromatic heterocycles. The van der Waals surface area contributed by atoms with Crippen LogP contribution in [0.3, 0.4) is 0 Å². The van der Waals surface area contributed by atoms with Crippen molar-refractivity contribution >= 4 is 41.5 Å². The highest BCUT2D eigenvalue weighted by molar-refractivity contribution is 14.0. The quantitative estimate of drug-likeness (QED) is 0.340. The highest BCUT2D eigenvalue weighted by Crippen LogP contribution is 2.40. The van der Waals surface area contributed by atoms with Gasteiger partial charge in [-0.3, -0.25) is 4.99 Å². The minimum Gasteiger partial charge on any atom is -0.496 e. The van der Waals surface area contributed by atoms with Gasteiger partial charge in [-0.05, 0) is 43.9 Å². The Balaban J connectivity index is 0.00000280. The second-order valence-corrected chi connectivity index (χ2v) is 7.62. The third kappa shape index (κ3) is 5.87. The van der Waals surface area contributed by atoms with Crippen molar-refractivity contribution in [1.29, 1.82) is 0 Å². The molecule has 2 N–H and O–H groups in total. The Morgan fingerprint density at radius 2 is 2.07 bits per heavy atom. The second kappa shape index (κ2) is 11.4. The van der Waals surface area contributed by atoms with Gasteiger partial charge in [0.05, 0.1) is 13.2 Å². The molecule has 0 spiro atoms. The summed E-state index contributed by atoms with van der Waals surface area (Å²) in [6, 6.07) is 5.84. The number of methoxy groups -OCH3 is 1. The molecule has 2 heterocycles. The lowest BCUT2D eigenvalue weighted by Crippen LogP contribution is -2.49. The first kappa shape index (κ1) is 23.5.